The van der Waals surface area contributed by atoms with Crippen LogP contribution in [0.5, 0.6) is 0 Å². The van der Waals surface area contributed by atoms with Crippen molar-refractivity contribution in [3.63, 3.8) is 0 Å². The molecular formula is C18H15N7OS. The van der Waals surface area contributed by atoms with Crippen molar-refractivity contribution in [2.45, 2.75) is 6.54 Å². The molecule has 9 heteroatoms. The Kier molecular flexibility index (Phi) is 3.72. The number of thiophene rings is 1. The number of H-pyrrole nitrogens is 1. The zero-order chi connectivity index (χ0) is 18.2. The van der Waals surface area contributed by atoms with Gasteiger partial charge in [0.1, 0.15) is 5.82 Å². The van der Waals surface area contributed by atoms with Crippen molar-refractivity contribution < 1.29 is 0 Å². The van der Waals surface area contributed by atoms with E-state index in [-0.39, 0.29) is 5.69 Å². The van der Waals surface area contributed by atoms with Crippen LogP contribution in [0, 0.1) is 0 Å². The molecule has 0 spiro atoms. The molecule has 0 fully saturated rings. The Morgan fingerprint density at radius 3 is 2.93 bits per heavy atom. The average molecular weight is 377 g/mol. The molecule has 4 heterocycles. The summed E-state index contributed by atoms with van der Waals surface area (Å²) in [4.78, 5) is 15.0. The highest BCUT2D eigenvalue weighted by atomic mass is 32.1. The molecule has 0 aliphatic carbocycles. The Labute approximate surface area is 157 Å². The van der Waals surface area contributed by atoms with E-state index < -0.39 is 0 Å². The van der Waals surface area contributed by atoms with Crippen LogP contribution >= 0.6 is 11.3 Å². The van der Waals surface area contributed by atoms with Gasteiger partial charge in [0.15, 0.2) is 11.5 Å². The maximum absolute atomic E-state index is 12.1. The third kappa shape index (κ3) is 2.77. The van der Waals surface area contributed by atoms with Crippen molar-refractivity contribution in [1.82, 2.24) is 29.4 Å². The van der Waals surface area contributed by atoms with Crippen molar-refractivity contribution in [3.05, 3.63) is 63.7 Å². The zero-order valence-electron chi connectivity index (χ0n) is 14.2. The van der Waals surface area contributed by atoms with Crippen LogP contribution in [0.3, 0.4) is 0 Å². The summed E-state index contributed by atoms with van der Waals surface area (Å²) in [5.41, 5.74) is 3.30. The van der Waals surface area contributed by atoms with E-state index in [0.29, 0.717) is 30.4 Å². The van der Waals surface area contributed by atoms with Crippen molar-refractivity contribution >= 4 is 33.8 Å². The quantitative estimate of drug-likeness (QED) is 0.491. The number of aromatic nitrogens is 6. The number of nitrogens with zero attached hydrogens (tertiary/aromatic N) is 5. The second-order valence-corrected chi connectivity index (χ2v) is 6.83. The van der Waals surface area contributed by atoms with Gasteiger partial charge in [-0.25, -0.2) is 4.79 Å². The lowest BCUT2D eigenvalue weighted by atomic mass is 10.3. The number of aromatic amines is 1. The van der Waals surface area contributed by atoms with Crippen LogP contribution in [0.2, 0.25) is 0 Å². The van der Waals surface area contributed by atoms with E-state index in [1.807, 2.05) is 53.2 Å². The molecule has 5 aromatic rings. The Balaban J connectivity index is 1.38. The fourth-order valence-electron chi connectivity index (χ4n) is 3.08. The van der Waals surface area contributed by atoms with Crippen LogP contribution in [0.25, 0.3) is 28.1 Å². The molecule has 0 amide bonds. The third-order valence-electron chi connectivity index (χ3n) is 4.37. The highest BCUT2D eigenvalue weighted by Crippen LogP contribution is 2.20. The lowest BCUT2D eigenvalue weighted by molar-refractivity contribution is 0.717. The molecule has 0 atom stereocenters. The van der Waals surface area contributed by atoms with E-state index in [2.05, 4.69) is 25.6 Å². The van der Waals surface area contributed by atoms with E-state index in [9.17, 15) is 4.79 Å². The number of benzene rings is 1. The van der Waals surface area contributed by atoms with Crippen LogP contribution < -0.4 is 11.0 Å². The highest BCUT2D eigenvalue weighted by molar-refractivity contribution is 7.08. The summed E-state index contributed by atoms with van der Waals surface area (Å²) < 4.78 is 3.44. The molecule has 0 saturated heterocycles. The maximum Gasteiger partial charge on any atom is 0.326 e. The fourth-order valence-corrected chi connectivity index (χ4v) is 3.71. The summed E-state index contributed by atoms with van der Waals surface area (Å²) in [5, 5.41) is 20.3. The van der Waals surface area contributed by atoms with Gasteiger partial charge < -0.3 is 10.3 Å². The third-order valence-corrected chi connectivity index (χ3v) is 5.05. The van der Waals surface area contributed by atoms with Crippen LogP contribution in [0.1, 0.15) is 0 Å². The minimum atomic E-state index is -0.111. The summed E-state index contributed by atoms with van der Waals surface area (Å²) in [7, 11) is 0. The summed E-state index contributed by atoms with van der Waals surface area (Å²) in [6.07, 6.45) is 0. The number of rotatable bonds is 5. The van der Waals surface area contributed by atoms with Crippen LogP contribution in [0.15, 0.2) is 58.0 Å². The SMILES string of the molecule is O=c1[nH]c2ccccc2n1CCNc1ccc2nnc(-c3ccsc3)n2n1. The zero-order valence-corrected chi connectivity index (χ0v) is 15.0. The number of nitrogens with one attached hydrogen (secondary N) is 2. The van der Waals surface area contributed by atoms with E-state index in [1.54, 1.807) is 20.4 Å². The molecule has 0 bridgehead atoms. The monoisotopic (exact) mass is 377 g/mol. The molecule has 4 aromatic heterocycles. The first-order valence-electron chi connectivity index (χ1n) is 8.46. The van der Waals surface area contributed by atoms with Gasteiger partial charge in [0, 0.05) is 24.0 Å². The number of fused-ring (bicyclic) bond motifs is 2. The Morgan fingerprint density at radius 1 is 1.11 bits per heavy atom. The van der Waals surface area contributed by atoms with Gasteiger partial charge in [0.2, 0.25) is 0 Å². The predicted octanol–water partition coefficient (Wildman–Crippen LogP) is 2.61. The van der Waals surface area contributed by atoms with Gasteiger partial charge in [-0.1, -0.05) is 12.1 Å². The van der Waals surface area contributed by atoms with Crippen LogP contribution in [-0.4, -0.2) is 35.9 Å². The van der Waals surface area contributed by atoms with Crippen molar-refractivity contribution in [3.8, 4) is 11.4 Å². The normalized spacial score (nSPS) is 11.4. The second-order valence-electron chi connectivity index (χ2n) is 6.05. The van der Waals surface area contributed by atoms with E-state index in [1.165, 1.54) is 0 Å². The maximum atomic E-state index is 12.1. The molecule has 5 rings (SSSR count). The Bertz CT molecular complexity index is 1280. The lowest BCUT2D eigenvalue weighted by Gasteiger charge is -2.07. The molecule has 0 aliphatic rings. The summed E-state index contributed by atoms with van der Waals surface area (Å²) in [6.45, 7) is 1.10. The fraction of sp³-hybridized carbons (Fsp3) is 0.111. The van der Waals surface area contributed by atoms with Crippen LogP contribution in [-0.2, 0) is 6.54 Å². The number of para-hydroxylation sites is 2. The first-order chi connectivity index (χ1) is 13.3. The summed E-state index contributed by atoms with van der Waals surface area (Å²) in [6, 6.07) is 13.4. The van der Waals surface area contributed by atoms with Crippen molar-refractivity contribution in [2.24, 2.45) is 0 Å². The molecule has 134 valence electrons. The molecule has 0 aliphatic heterocycles. The molecular weight excluding hydrogens is 362 g/mol. The molecule has 0 saturated carbocycles. The first-order valence-corrected chi connectivity index (χ1v) is 9.40. The van der Waals surface area contributed by atoms with E-state index in [0.717, 1.165) is 16.6 Å². The number of anilines is 1. The lowest BCUT2D eigenvalue weighted by Crippen LogP contribution is -2.21. The molecule has 27 heavy (non-hydrogen) atoms. The number of imidazole rings is 1. The van der Waals surface area contributed by atoms with Crippen molar-refractivity contribution in [2.75, 3.05) is 11.9 Å². The second kappa shape index (κ2) is 6.36. The first kappa shape index (κ1) is 15.8. The van der Waals surface area contributed by atoms with Gasteiger partial charge in [0.25, 0.3) is 0 Å². The van der Waals surface area contributed by atoms with Gasteiger partial charge >= 0.3 is 5.69 Å². The largest absolute Gasteiger partial charge is 0.367 e. The average Bonchev–Trinajstić information content (AvgIpc) is 3.40. The Morgan fingerprint density at radius 2 is 2.04 bits per heavy atom. The molecule has 1 aromatic carbocycles. The molecule has 0 radical (unpaired) electrons. The van der Waals surface area contributed by atoms with Crippen LogP contribution in [0.4, 0.5) is 5.82 Å². The predicted molar refractivity (Wildman–Crippen MR) is 105 cm³/mol. The standard InChI is InChI=1S/C18H15N7OS/c26-18-20-13-3-1-2-4-14(13)24(18)9-8-19-15-5-6-16-21-22-17(25(16)23-15)12-7-10-27-11-12/h1-7,10-11H,8-9H2,(H,19,23)(H,20,26). The molecule has 0 unspecified atom stereocenters. The van der Waals surface area contributed by atoms with Gasteiger partial charge in [-0.15, -0.1) is 15.3 Å². The molecule has 2 N–H and O–H groups in total. The topological polar surface area (TPSA) is 92.9 Å². The summed E-state index contributed by atoms with van der Waals surface area (Å²) in [5.74, 6) is 1.41. The minimum Gasteiger partial charge on any atom is -0.367 e. The minimum absolute atomic E-state index is 0.111. The van der Waals surface area contributed by atoms with Gasteiger partial charge in [-0.2, -0.15) is 15.9 Å². The van der Waals surface area contributed by atoms with Gasteiger partial charge in [-0.3, -0.25) is 4.57 Å². The van der Waals surface area contributed by atoms with Crippen molar-refractivity contribution in [1.29, 1.82) is 0 Å². The Hall–Kier alpha value is -3.46. The van der Waals surface area contributed by atoms with Gasteiger partial charge in [-0.05, 0) is 35.7 Å². The smallest absolute Gasteiger partial charge is 0.326 e. The van der Waals surface area contributed by atoms with Gasteiger partial charge in [0.05, 0.1) is 11.0 Å². The summed E-state index contributed by atoms with van der Waals surface area (Å²) >= 11 is 1.61. The molecule has 8 nitrogen and oxygen atoms in total. The number of hydrogen-bond donors (Lipinski definition) is 2. The van der Waals surface area contributed by atoms with E-state index >= 15 is 0 Å². The van der Waals surface area contributed by atoms with E-state index in [4.69, 9.17) is 0 Å². The highest BCUT2D eigenvalue weighted by Gasteiger charge is 2.10. The number of hydrogen-bond acceptors (Lipinski definition) is 6.